The number of nitrogens with zero attached hydrogens (tertiary/aromatic N) is 2. The molecule has 0 fully saturated rings. The van der Waals surface area contributed by atoms with E-state index in [1.807, 2.05) is 31.2 Å². The smallest absolute Gasteiger partial charge is 0.264 e. The fourth-order valence-electron chi connectivity index (χ4n) is 1.75. The normalized spacial score (nSPS) is 10.5. The molecule has 0 radical (unpaired) electrons. The quantitative estimate of drug-likeness (QED) is 0.711. The maximum absolute atomic E-state index is 11.9. The van der Waals surface area contributed by atoms with E-state index in [1.165, 1.54) is 0 Å². The number of amides is 1. The maximum atomic E-state index is 11.9. The van der Waals surface area contributed by atoms with Crippen LogP contribution in [0.4, 0.5) is 5.13 Å². The highest BCUT2D eigenvalue weighted by Crippen LogP contribution is 2.25. The lowest BCUT2D eigenvalue weighted by Crippen LogP contribution is -2.20. The van der Waals surface area contributed by atoms with Gasteiger partial charge in [0.1, 0.15) is 5.75 Å². The molecule has 3 rings (SSSR count). The van der Waals surface area contributed by atoms with Crippen LogP contribution in [0.1, 0.15) is 5.56 Å². The summed E-state index contributed by atoms with van der Waals surface area (Å²) in [5.41, 5.74) is 1.13. The van der Waals surface area contributed by atoms with Crippen LogP contribution in [0.3, 0.4) is 0 Å². The van der Waals surface area contributed by atoms with Crippen LogP contribution in [0.25, 0.3) is 11.6 Å². The Labute approximate surface area is 144 Å². The fourth-order valence-corrected chi connectivity index (χ4v) is 2.64. The SMILES string of the molecule is Cc1ccc(OCC(=O)Nc2nc(-c3ccc(Br)o3)ns2)cc1. The molecule has 3 aromatic rings. The Hall–Kier alpha value is -2.19. The summed E-state index contributed by atoms with van der Waals surface area (Å²) in [4.78, 5) is 16.1. The molecule has 0 spiro atoms. The lowest BCUT2D eigenvalue weighted by atomic mass is 10.2. The molecule has 0 saturated heterocycles. The molecule has 0 unspecified atom stereocenters. The number of furan rings is 1. The summed E-state index contributed by atoms with van der Waals surface area (Å²) < 4.78 is 15.5. The van der Waals surface area contributed by atoms with Gasteiger partial charge in [-0.3, -0.25) is 10.1 Å². The minimum absolute atomic E-state index is 0.0930. The second kappa shape index (κ2) is 6.93. The van der Waals surface area contributed by atoms with Crippen LogP contribution < -0.4 is 10.1 Å². The summed E-state index contributed by atoms with van der Waals surface area (Å²) in [7, 11) is 0. The van der Waals surface area contributed by atoms with Crippen LogP contribution in [0.2, 0.25) is 0 Å². The van der Waals surface area contributed by atoms with E-state index in [-0.39, 0.29) is 12.5 Å². The summed E-state index contributed by atoms with van der Waals surface area (Å²) in [6.07, 6.45) is 0. The van der Waals surface area contributed by atoms with E-state index in [1.54, 1.807) is 12.1 Å². The molecule has 2 aromatic heterocycles. The highest BCUT2D eigenvalue weighted by Gasteiger charge is 2.12. The van der Waals surface area contributed by atoms with Gasteiger partial charge in [-0.25, -0.2) is 0 Å². The number of hydrogen-bond acceptors (Lipinski definition) is 6. The molecule has 118 valence electrons. The minimum Gasteiger partial charge on any atom is -0.484 e. The van der Waals surface area contributed by atoms with Crippen molar-refractivity contribution in [3.8, 4) is 17.3 Å². The number of ether oxygens (including phenoxy) is 1. The van der Waals surface area contributed by atoms with Crippen molar-refractivity contribution in [2.45, 2.75) is 6.92 Å². The molecule has 6 nitrogen and oxygen atoms in total. The highest BCUT2D eigenvalue weighted by atomic mass is 79.9. The Morgan fingerprint density at radius 2 is 2.09 bits per heavy atom. The highest BCUT2D eigenvalue weighted by molar-refractivity contribution is 9.10. The van der Waals surface area contributed by atoms with E-state index >= 15 is 0 Å². The van der Waals surface area contributed by atoms with Crippen molar-refractivity contribution >= 4 is 38.5 Å². The molecule has 0 aliphatic carbocycles. The predicted octanol–water partition coefficient (Wildman–Crippen LogP) is 3.89. The van der Waals surface area contributed by atoms with Crippen LogP contribution in [0, 0.1) is 6.92 Å². The van der Waals surface area contributed by atoms with Gasteiger partial charge in [0.15, 0.2) is 17.0 Å². The lowest BCUT2D eigenvalue weighted by molar-refractivity contribution is -0.118. The Balaban J connectivity index is 1.56. The minimum atomic E-state index is -0.297. The number of aryl methyl sites for hydroxylation is 1. The number of nitrogens with one attached hydrogen (secondary N) is 1. The molecular weight excluding hydrogens is 382 g/mol. The molecule has 0 bridgehead atoms. The zero-order valence-electron chi connectivity index (χ0n) is 12.1. The molecule has 0 atom stereocenters. The first-order chi connectivity index (χ1) is 11.1. The second-order valence-corrected chi connectivity index (χ2v) is 6.21. The largest absolute Gasteiger partial charge is 0.484 e. The number of rotatable bonds is 5. The first-order valence-electron chi connectivity index (χ1n) is 6.69. The fraction of sp³-hybridized carbons (Fsp3) is 0.133. The first kappa shape index (κ1) is 15.7. The number of aromatic nitrogens is 2. The van der Waals surface area contributed by atoms with Crippen LogP contribution in [-0.2, 0) is 4.79 Å². The molecule has 8 heteroatoms. The standard InChI is InChI=1S/C15H12BrN3O3S/c1-9-2-4-10(5-3-9)21-8-13(20)17-15-18-14(19-23-15)11-6-7-12(16)22-11/h2-7H,8H2,1H3,(H,17,18,19,20). The van der Waals surface area contributed by atoms with Crippen LogP contribution >= 0.6 is 27.5 Å². The molecule has 23 heavy (non-hydrogen) atoms. The molecular formula is C15H12BrN3O3S. The average Bonchev–Trinajstić information content (AvgIpc) is 3.16. The van der Waals surface area contributed by atoms with Crippen LogP contribution in [0.5, 0.6) is 5.75 Å². The Bertz CT molecular complexity index is 813. The van der Waals surface area contributed by atoms with Crippen molar-refractivity contribution in [2.75, 3.05) is 11.9 Å². The van der Waals surface area contributed by atoms with Gasteiger partial charge < -0.3 is 9.15 Å². The Morgan fingerprint density at radius 1 is 1.30 bits per heavy atom. The van der Waals surface area contributed by atoms with Gasteiger partial charge in [0, 0.05) is 11.5 Å². The van der Waals surface area contributed by atoms with Gasteiger partial charge in [-0.05, 0) is 47.1 Å². The summed E-state index contributed by atoms with van der Waals surface area (Å²) in [5.74, 6) is 1.30. The van der Waals surface area contributed by atoms with Gasteiger partial charge in [-0.15, -0.1) is 0 Å². The van der Waals surface area contributed by atoms with Crippen molar-refractivity contribution in [1.82, 2.24) is 9.36 Å². The number of carbonyl (C=O) groups is 1. The lowest BCUT2D eigenvalue weighted by Gasteiger charge is -2.05. The van der Waals surface area contributed by atoms with E-state index in [9.17, 15) is 4.79 Å². The summed E-state index contributed by atoms with van der Waals surface area (Å²) >= 11 is 4.30. The van der Waals surface area contributed by atoms with Crippen molar-refractivity contribution in [3.63, 3.8) is 0 Å². The third kappa shape index (κ3) is 4.17. The van der Waals surface area contributed by atoms with Gasteiger partial charge >= 0.3 is 0 Å². The summed E-state index contributed by atoms with van der Waals surface area (Å²) in [6.45, 7) is 1.89. The molecule has 2 heterocycles. The zero-order chi connectivity index (χ0) is 16.2. The topological polar surface area (TPSA) is 77.2 Å². The zero-order valence-corrected chi connectivity index (χ0v) is 14.5. The molecule has 0 aliphatic heterocycles. The van der Waals surface area contributed by atoms with Crippen LogP contribution in [0.15, 0.2) is 45.5 Å². The maximum Gasteiger partial charge on any atom is 0.264 e. The second-order valence-electron chi connectivity index (χ2n) is 4.68. The van der Waals surface area contributed by atoms with Crippen molar-refractivity contribution in [2.24, 2.45) is 0 Å². The molecule has 1 N–H and O–H groups in total. The van der Waals surface area contributed by atoms with Gasteiger partial charge in [0.25, 0.3) is 5.91 Å². The Morgan fingerprint density at radius 3 is 2.78 bits per heavy atom. The monoisotopic (exact) mass is 393 g/mol. The third-order valence-corrected chi connectivity index (χ3v) is 3.91. The summed E-state index contributed by atoms with van der Waals surface area (Å²) in [6, 6.07) is 11.0. The average molecular weight is 394 g/mol. The first-order valence-corrected chi connectivity index (χ1v) is 8.25. The number of benzene rings is 1. The molecule has 1 amide bonds. The number of carbonyl (C=O) groups excluding carboxylic acids is 1. The van der Waals surface area contributed by atoms with E-state index < -0.39 is 0 Å². The number of anilines is 1. The third-order valence-electron chi connectivity index (χ3n) is 2.86. The van der Waals surface area contributed by atoms with E-state index in [4.69, 9.17) is 9.15 Å². The Kier molecular flexibility index (Phi) is 4.73. The predicted molar refractivity (Wildman–Crippen MR) is 90.6 cm³/mol. The number of halogens is 1. The summed E-state index contributed by atoms with van der Waals surface area (Å²) in [5, 5.41) is 3.04. The molecule has 0 saturated carbocycles. The van der Waals surface area contributed by atoms with Gasteiger partial charge in [0.05, 0.1) is 0 Å². The van der Waals surface area contributed by atoms with Crippen molar-refractivity contribution < 1.29 is 13.9 Å². The molecule has 0 aliphatic rings. The van der Waals surface area contributed by atoms with E-state index in [0.717, 1.165) is 17.1 Å². The van der Waals surface area contributed by atoms with Gasteiger partial charge in [0.2, 0.25) is 11.0 Å². The van der Waals surface area contributed by atoms with E-state index in [0.29, 0.717) is 27.1 Å². The van der Waals surface area contributed by atoms with Gasteiger partial charge in [-0.2, -0.15) is 9.36 Å². The molecule has 1 aromatic carbocycles. The van der Waals surface area contributed by atoms with Crippen molar-refractivity contribution in [1.29, 1.82) is 0 Å². The number of hydrogen-bond donors (Lipinski definition) is 1. The van der Waals surface area contributed by atoms with Gasteiger partial charge in [-0.1, -0.05) is 17.7 Å². The van der Waals surface area contributed by atoms with Crippen LogP contribution in [-0.4, -0.2) is 21.9 Å². The van der Waals surface area contributed by atoms with Crippen molar-refractivity contribution in [3.05, 3.63) is 46.6 Å². The van der Waals surface area contributed by atoms with E-state index in [2.05, 4.69) is 30.6 Å².